The highest BCUT2D eigenvalue weighted by Crippen LogP contribution is 2.52. The Bertz CT molecular complexity index is 320. The van der Waals surface area contributed by atoms with Gasteiger partial charge in [-0.25, -0.2) is 4.79 Å². The van der Waals surface area contributed by atoms with Crippen molar-refractivity contribution >= 4 is 39.6 Å². The van der Waals surface area contributed by atoms with Gasteiger partial charge in [0.2, 0.25) is 5.91 Å². The molecule has 6 heteroatoms. The van der Waals surface area contributed by atoms with E-state index in [4.69, 9.17) is 5.11 Å². The van der Waals surface area contributed by atoms with E-state index < -0.39 is 16.8 Å². The minimum absolute atomic E-state index is 0.0152. The summed E-state index contributed by atoms with van der Waals surface area (Å²) in [5.74, 6) is -1.03. The number of fused-ring (bicyclic) bond motifs is 1. The number of β-lactam (4-membered cyclic amide) rings is 1. The molecule has 0 aromatic heterocycles. The molecular weight excluding hydrogens is 270 g/mol. The van der Waals surface area contributed by atoms with Gasteiger partial charge in [0, 0.05) is 4.75 Å². The number of aliphatic carboxylic acids is 1. The molecule has 3 atom stereocenters. The fraction of sp³-hybridized carbons (Fsp3) is 0.750. The minimum atomic E-state index is -0.919. The van der Waals surface area contributed by atoms with E-state index in [9.17, 15) is 9.59 Å². The van der Waals surface area contributed by atoms with E-state index in [1.54, 1.807) is 11.8 Å². The molecule has 2 rings (SSSR count). The maximum absolute atomic E-state index is 11.4. The number of carboxylic acids is 1. The number of carboxylic acid groups (broad SMARTS) is 1. The zero-order valence-corrected chi connectivity index (χ0v) is 10.1. The first kappa shape index (κ1) is 10.3. The molecular formula is C8H10BrNO3S. The molecule has 1 N–H and O–H groups in total. The van der Waals surface area contributed by atoms with Crippen LogP contribution in [0.1, 0.15) is 13.8 Å². The Hall–Kier alpha value is -0.230. The zero-order chi connectivity index (χ0) is 10.7. The van der Waals surface area contributed by atoms with Gasteiger partial charge in [-0.3, -0.25) is 4.79 Å². The lowest BCUT2D eigenvalue weighted by Gasteiger charge is -2.40. The summed E-state index contributed by atoms with van der Waals surface area (Å²) in [4.78, 5) is 23.7. The Morgan fingerprint density at radius 2 is 2.21 bits per heavy atom. The summed E-state index contributed by atoms with van der Waals surface area (Å²) >= 11 is 4.80. The van der Waals surface area contributed by atoms with E-state index in [2.05, 4.69) is 15.9 Å². The Balaban J connectivity index is 2.32. The fourth-order valence-electron chi connectivity index (χ4n) is 1.97. The average molecular weight is 280 g/mol. The lowest BCUT2D eigenvalue weighted by Crippen LogP contribution is -2.63. The summed E-state index contributed by atoms with van der Waals surface area (Å²) in [5.41, 5.74) is 0. The van der Waals surface area contributed by atoms with E-state index in [1.807, 2.05) is 13.8 Å². The van der Waals surface area contributed by atoms with Crippen molar-refractivity contribution in [2.24, 2.45) is 0 Å². The van der Waals surface area contributed by atoms with Crippen LogP contribution in [0.4, 0.5) is 0 Å². The predicted molar refractivity (Wildman–Crippen MR) is 56.4 cm³/mol. The molecule has 2 heterocycles. The van der Waals surface area contributed by atoms with Crippen molar-refractivity contribution in [3.8, 4) is 0 Å². The van der Waals surface area contributed by atoms with Gasteiger partial charge in [-0.05, 0) is 13.8 Å². The van der Waals surface area contributed by atoms with Gasteiger partial charge >= 0.3 is 5.97 Å². The first-order valence-corrected chi connectivity index (χ1v) is 6.02. The predicted octanol–water partition coefficient (Wildman–Crippen LogP) is 0.897. The largest absolute Gasteiger partial charge is 0.480 e. The highest BCUT2D eigenvalue weighted by molar-refractivity contribution is 9.10. The van der Waals surface area contributed by atoms with Gasteiger partial charge < -0.3 is 10.0 Å². The molecule has 14 heavy (non-hydrogen) atoms. The number of alkyl halides is 1. The van der Waals surface area contributed by atoms with Crippen molar-refractivity contribution < 1.29 is 14.7 Å². The number of hydrogen-bond donors (Lipinski definition) is 1. The molecule has 4 nitrogen and oxygen atoms in total. The third-order valence-electron chi connectivity index (χ3n) is 2.61. The highest BCUT2D eigenvalue weighted by atomic mass is 79.9. The third-order valence-corrected chi connectivity index (χ3v) is 5.42. The van der Waals surface area contributed by atoms with Gasteiger partial charge in [0.15, 0.2) is 0 Å². The van der Waals surface area contributed by atoms with Crippen LogP contribution in [0.2, 0.25) is 0 Å². The molecule has 0 spiro atoms. The van der Waals surface area contributed by atoms with Crippen LogP contribution in [0.25, 0.3) is 0 Å². The summed E-state index contributed by atoms with van der Waals surface area (Å²) in [7, 11) is 0. The number of nitrogens with zero attached hydrogens (tertiary/aromatic N) is 1. The molecule has 2 fully saturated rings. The van der Waals surface area contributed by atoms with Crippen molar-refractivity contribution in [2.75, 3.05) is 0 Å². The molecule has 0 unspecified atom stereocenters. The van der Waals surface area contributed by atoms with Gasteiger partial charge in [-0.1, -0.05) is 15.9 Å². The summed E-state index contributed by atoms with van der Waals surface area (Å²) in [5, 5.41) is 9.04. The van der Waals surface area contributed by atoms with Crippen LogP contribution in [0.3, 0.4) is 0 Å². The van der Waals surface area contributed by atoms with Crippen molar-refractivity contribution in [1.29, 1.82) is 0 Å². The van der Waals surface area contributed by atoms with Crippen LogP contribution in [0.5, 0.6) is 0 Å². The Labute approximate surface area is 94.1 Å². The summed E-state index contributed by atoms with van der Waals surface area (Å²) in [6, 6.07) is -0.696. The normalized spacial score (nSPS) is 39.2. The van der Waals surface area contributed by atoms with Gasteiger partial charge in [0.05, 0.1) is 0 Å². The first-order valence-electron chi connectivity index (χ1n) is 4.23. The van der Waals surface area contributed by atoms with Gasteiger partial charge in [0.25, 0.3) is 0 Å². The molecule has 0 radical (unpaired) electrons. The van der Waals surface area contributed by atoms with Crippen LogP contribution in [-0.2, 0) is 9.59 Å². The summed E-state index contributed by atoms with van der Waals surface area (Å²) in [6.07, 6.45) is 0. The topological polar surface area (TPSA) is 57.6 Å². The summed E-state index contributed by atoms with van der Waals surface area (Å²) < 4.78 is -0.408. The standard InChI is InChI=1S/C8H10BrNO3S/c1-8(2)4(7(12)13)10-5(11)3(9)6(10)14-8/h3-4,6H,1-2H3,(H,12,13)/t3-,4-,6+/m1/s1. The van der Waals surface area contributed by atoms with Crippen LogP contribution in [0, 0.1) is 0 Å². The van der Waals surface area contributed by atoms with Gasteiger partial charge in [-0.2, -0.15) is 0 Å². The van der Waals surface area contributed by atoms with Crippen molar-refractivity contribution in [2.45, 2.75) is 34.8 Å². The van der Waals surface area contributed by atoms with E-state index in [0.717, 1.165) is 0 Å². The van der Waals surface area contributed by atoms with Crippen molar-refractivity contribution in [3.63, 3.8) is 0 Å². The molecule has 2 aliphatic heterocycles. The van der Waals surface area contributed by atoms with Crippen LogP contribution >= 0.6 is 27.7 Å². The van der Waals surface area contributed by atoms with Crippen LogP contribution in [0.15, 0.2) is 0 Å². The first-order chi connectivity index (χ1) is 6.36. The minimum Gasteiger partial charge on any atom is -0.480 e. The second kappa shape index (κ2) is 2.88. The second-order valence-corrected chi connectivity index (χ2v) is 6.76. The number of thioether (sulfide) groups is 1. The molecule has 0 saturated carbocycles. The smallest absolute Gasteiger partial charge is 0.327 e. The Kier molecular flexibility index (Phi) is 2.12. The maximum Gasteiger partial charge on any atom is 0.327 e. The molecule has 0 aromatic rings. The number of hydrogen-bond acceptors (Lipinski definition) is 3. The number of halogens is 1. The highest BCUT2D eigenvalue weighted by Gasteiger charge is 2.62. The van der Waals surface area contributed by atoms with E-state index in [1.165, 1.54) is 4.90 Å². The van der Waals surface area contributed by atoms with Gasteiger partial charge in [0.1, 0.15) is 16.2 Å². The van der Waals surface area contributed by atoms with Crippen molar-refractivity contribution in [3.05, 3.63) is 0 Å². The number of rotatable bonds is 1. The third kappa shape index (κ3) is 1.13. The van der Waals surface area contributed by atoms with E-state index in [-0.39, 0.29) is 16.1 Å². The molecule has 0 aromatic carbocycles. The molecule has 2 aliphatic rings. The lowest BCUT2D eigenvalue weighted by atomic mass is 9.98. The molecule has 1 amide bonds. The summed E-state index contributed by atoms with van der Waals surface area (Å²) in [6.45, 7) is 3.73. The average Bonchev–Trinajstić information content (AvgIpc) is 2.34. The monoisotopic (exact) mass is 279 g/mol. The number of amides is 1. The second-order valence-electron chi connectivity index (χ2n) is 4.00. The van der Waals surface area contributed by atoms with E-state index >= 15 is 0 Å². The molecule has 0 bridgehead atoms. The lowest BCUT2D eigenvalue weighted by molar-refractivity contribution is -0.156. The maximum atomic E-state index is 11.4. The molecule has 2 saturated heterocycles. The molecule has 0 aliphatic carbocycles. The van der Waals surface area contributed by atoms with E-state index in [0.29, 0.717) is 0 Å². The number of carbonyl (C=O) groups is 2. The quantitative estimate of drug-likeness (QED) is 0.572. The molecule has 78 valence electrons. The fourth-order valence-corrected chi connectivity index (χ4v) is 4.32. The van der Waals surface area contributed by atoms with Crippen LogP contribution < -0.4 is 0 Å². The van der Waals surface area contributed by atoms with Crippen LogP contribution in [-0.4, -0.2) is 42.9 Å². The number of carbonyl (C=O) groups excluding carboxylic acids is 1. The SMILES string of the molecule is CC1(C)S[C@H]2[C@H](Br)C(=O)N2[C@@H]1C(=O)O. The Morgan fingerprint density at radius 3 is 2.71 bits per heavy atom. The zero-order valence-electron chi connectivity index (χ0n) is 7.73. The van der Waals surface area contributed by atoms with Gasteiger partial charge in [-0.15, -0.1) is 11.8 Å². The van der Waals surface area contributed by atoms with Crippen molar-refractivity contribution in [1.82, 2.24) is 4.90 Å². The Morgan fingerprint density at radius 1 is 1.64 bits per heavy atom.